The molecule has 0 radical (unpaired) electrons. The number of benzene rings is 3. The average molecular weight is 629 g/mol. The molecule has 214 valence electrons. The van der Waals surface area contributed by atoms with E-state index in [4.69, 9.17) is 0 Å². The summed E-state index contributed by atoms with van der Waals surface area (Å²) >= 11 is 3.45. The van der Waals surface area contributed by atoms with Gasteiger partial charge >= 0.3 is 0 Å². The lowest BCUT2D eigenvalue weighted by atomic mass is 10.0. The maximum absolute atomic E-state index is 13.8. The Bertz CT molecular complexity index is 1400. The van der Waals surface area contributed by atoms with Gasteiger partial charge in [-0.25, -0.2) is 8.42 Å². The molecule has 1 N–H and O–H groups in total. The maximum Gasteiger partial charge on any atom is 0.243 e. The van der Waals surface area contributed by atoms with E-state index in [0.29, 0.717) is 25.1 Å². The van der Waals surface area contributed by atoms with E-state index in [1.165, 1.54) is 10.6 Å². The zero-order valence-electron chi connectivity index (χ0n) is 23.6. The summed E-state index contributed by atoms with van der Waals surface area (Å²) in [5.41, 5.74) is 4.26. The summed E-state index contributed by atoms with van der Waals surface area (Å²) in [4.78, 5) is 28.7. The second kappa shape index (κ2) is 14.5. The number of carbonyl (C=O) groups is 2. The largest absolute Gasteiger partial charge is 0.355 e. The van der Waals surface area contributed by atoms with Gasteiger partial charge in [0.25, 0.3) is 0 Å². The van der Waals surface area contributed by atoms with Crippen LogP contribution in [0.3, 0.4) is 0 Å². The molecule has 9 heteroatoms. The Morgan fingerprint density at radius 2 is 1.62 bits per heavy atom. The molecule has 0 fully saturated rings. The number of anilines is 1. The number of rotatable bonds is 13. The average Bonchev–Trinajstić information content (AvgIpc) is 2.91. The van der Waals surface area contributed by atoms with Gasteiger partial charge in [0.1, 0.15) is 6.04 Å². The van der Waals surface area contributed by atoms with Crippen molar-refractivity contribution < 1.29 is 18.0 Å². The van der Waals surface area contributed by atoms with Crippen molar-refractivity contribution in [1.29, 1.82) is 0 Å². The highest BCUT2D eigenvalue weighted by Gasteiger charge is 2.30. The molecule has 0 spiro atoms. The summed E-state index contributed by atoms with van der Waals surface area (Å²) in [5.74, 6) is -0.422. The lowest BCUT2D eigenvalue weighted by molar-refractivity contribution is -0.141. The van der Waals surface area contributed by atoms with Crippen LogP contribution in [0.4, 0.5) is 5.69 Å². The molecule has 1 unspecified atom stereocenters. The zero-order valence-corrected chi connectivity index (χ0v) is 26.0. The molecule has 0 aliphatic heterocycles. The summed E-state index contributed by atoms with van der Waals surface area (Å²) in [6.45, 7) is 6.51. The molecule has 2 amide bonds. The lowest BCUT2D eigenvalue weighted by Gasteiger charge is -2.32. The number of aryl methyl sites for hydroxylation is 2. The minimum Gasteiger partial charge on any atom is -0.355 e. The fraction of sp³-hybridized carbons (Fsp3) is 0.355. The smallest absolute Gasteiger partial charge is 0.243 e. The monoisotopic (exact) mass is 627 g/mol. The number of nitrogens with zero attached hydrogens (tertiary/aromatic N) is 2. The third kappa shape index (κ3) is 8.93. The van der Waals surface area contributed by atoms with E-state index >= 15 is 0 Å². The first-order chi connectivity index (χ1) is 19.0. The predicted octanol–water partition coefficient (Wildman–Crippen LogP) is 5.39. The molecule has 0 aliphatic rings. The van der Waals surface area contributed by atoms with Crippen molar-refractivity contribution in [2.45, 2.75) is 52.6 Å². The van der Waals surface area contributed by atoms with Gasteiger partial charge in [-0.15, -0.1) is 0 Å². The fourth-order valence-electron chi connectivity index (χ4n) is 4.60. The molecule has 40 heavy (non-hydrogen) atoms. The lowest BCUT2D eigenvalue weighted by Crippen LogP contribution is -2.50. The van der Waals surface area contributed by atoms with Crippen molar-refractivity contribution in [1.82, 2.24) is 10.2 Å². The molecule has 0 bridgehead atoms. The number of amides is 2. The van der Waals surface area contributed by atoms with Crippen LogP contribution >= 0.6 is 15.9 Å². The van der Waals surface area contributed by atoms with Crippen LogP contribution in [0.15, 0.2) is 77.3 Å². The maximum atomic E-state index is 13.8. The van der Waals surface area contributed by atoms with E-state index in [0.717, 1.165) is 26.7 Å². The van der Waals surface area contributed by atoms with Crippen LogP contribution in [0.25, 0.3) is 0 Å². The van der Waals surface area contributed by atoms with Gasteiger partial charge in [-0.3, -0.25) is 13.9 Å². The molecule has 0 aliphatic carbocycles. The SMILES string of the molecule is CCNC(=O)C(Cc1ccccc1)N(Cc1ccc(Br)cc1)C(=O)CCCN(c1cc(C)ccc1C)S(C)(=O)=O. The Labute approximate surface area is 246 Å². The van der Waals surface area contributed by atoms with Crippen molar-refractivity contribution in [3.63, 3.8) is 0 Å². The first-order valence-corrected chi connectivity index (χ1v) is 16.0. The second-order valence-electron chi connectivity index (χ2n) is 9.98. The van der Waals surface area contributed by atoms with Gasteiger partial charge < -0.3 is 10.2 Å². The Kier molecular flexibility index (Phi) is 11.3. The summed E-state index contributed by atoms with van der Waals surface area (Å²) in [6, 6.07) is 22.3. The van der Waals surface area contributed by atoms with Crippen molar-refractivity contribution in [2.75, 3.05) is 23.7 Å². The summed E-state index contributed by atoms with van der Waals surface area (Å²) in [7, 11) is -3.57. The number of hydrogen-bond acceptors (Lipinski definition) is 4. The number of sulfonamides is 1. The zero-order chi connectivity index (χ0) is 29.3. The van der Waals surface area contributed by atoms with Gasteiger partial charge in [0.05, 0.1) is 11.9 Å². The molecule has 3 aromatic rings. The molecule has 0 heterocycles. The molecule has 0 saturated heterocycles. The summed E-state index contributed by atoms with van der Waals surface area (Å²) in [6.07, 6.45) is 1.95. The Hall–Kier alpha value is -3.17. The highest BCUT2D eigenvalue weighted by molar-refractivity contribution is 9.10. The second-order valence-corrected chi connectivity index (χ2v) is 12.8. The van der Waals surface area contributed by atoms with Gasteiger partial charge in [-0.05, 0) is 67.6 Å². The molecule has 7 nitrogen and oxygen atoms in total. The Morgan fingerprint density at radius 3 is 2.25 bits per heavy atom. The van der Waals surface area contributed by atoms with Crippen molar-refractivity contribution in [3.8, 4) is 0 Å². The van der Waals surface area contributed by atoms with Crippen LogP contribution in [0.1, 0.15) is 42.0 Å². The van der Waals surface area contributed by atoms with Crippen molar-refractivity contribution in [3.05, 3.63) is 99.5 Å². The third-order valence-electron chi connectivity index (χ3n) is 6.67. The first-order valence-electron chi connectivity index (χ1n) is 13.4. The predicted molar refractivity (Wildman–Crippen MR) is 165 cm³/mol. The Balaban J connectivity index is 1.87. The molecule has 0 saturated carbocycles. The van der Waals surface area contributed by atoms with E-state index in [9.17, 15) is 18.0 Å². The molecule has 1 atom stereocenters. The van der Waals surface area contributed by atoms with Gasteiger partial charge in [-0.1, -0.05) is 70.5 Å². The highest BCUT2D eigenvalue weighted by atomic mass is 79.9. The topological polar surface area (TPSA) is 86.8 Å². The van der Waals surface area contributed by atoms with Gasteiger partial charge in [-0.2, -0.15) is 0 Å². The van der Waals surface area contributed by atoms with Crippen LogP contribution in [0.5, 0.6) is 0 Å². The van der Waals surface area contributed by atoms with E-state index in [1.54, 1.807) is 4.90 Å². The Morgan fingerprint density at radius 1 is 0.950 bits per heavy atom. The van der Waals surface area contributed by atoms with Crippen molar-refractivity contribution >= 4 is 43.5 Å². The highest BCUT2D eigenvalue weighted by Crippen LogP contribution is 2.25. The normalized spacial score (nSPS) is 12.0. The standard InChI is InChI=1S/C31H38BrN3O4S/c1-5-33-31(37)29(21-25-10-7-6-8-11-25)34(22-26-15-17-27(32)18-16-26)30(36)12-9-19-35(40(4,38)39)28-20-23(2)13-14-24(28)3/h6-8,10-11,13-18,20,29H,5,9,12,19,21-22H2,1-4H3,(H,33,37). The van der Waals surface area contributed by atoms with E-state index in [1.807, 2.05) is 93.6 Å². The van der Waals surface area contributed by atoms with Crippen LogP contribution in [0.2, 0.25) is 0 Å². The molecule has 3 rings (SSSR count). The van der Waals surface area contributed by atoms with Crippen LogP contribution < -0.4 is 9.62 Å². The van der Waals surface area contributed by atoms with Crippen LogP contribution in [0, 0.1) is 13.8 Å². The van der Waals surface area contributed by atoms with Gasteiger partial charge in [0, 0.05) is 36.9 Å². The molecular weight excluding hydrogens is 590 g/mol. The number of hydrogen-bond donors (Lipinski definition) is 1. The number of nitrogens with one attached hydrogen (secondary N) is 1. The summed E-state index contributed by atoms with van der Waals surface area (Å²) < 4.78 is 27.7. The van der Waals surface area contributed by atoms with Crippen molar-refractivity contribution in [2.24, 2.45) is 0 Å². The number of likely N-dealkylation sites (N-methyl/N-ethyl adjacent to an activating group) is 1. The number of carbonyl (C=O) groups excluding carboxylic acids is 2. The fourth-order valence-corrected chi connectivity index (χ4v) is 5.88. The van der Waals surface area contributed by atoms with Crippen LogP contribution in [-0.2, 0) is 32.6 Å². The van der Waals surface area contributed by atoms with Crippen LogP contribution in [-0.4, -0.2) is 50.5 Å². The molecular formula is C31H38BrN3O4S. The molecule has 3 aromatic carbocycles. The molecule has 0 aromatic heterocycles. The third-order valence-corrected chi connectivity index (χ3v) is 8.38. The quantitative estimate of drug-likeness (QED) is 0.275. The number of halogens is 1. The summed E-state index contributed by atoms with van der Waals surface area (Å²) in [5, 5.41) is 2.90. The minimum atomic E-state index is -3.57. The minimum absolute atomic E-state index is 0.0953. The first kappa shape index (κ1) is 31.4. The van der Waals surface area contributed by atoms with E-state index in [-0.39, 0.29) is 31.3 Å². The van der Waals surface area contributed by atoms with Gasteiger partial charge in [0.2, 0.25) is 21.8 Å². The van der Waals surface area contributed by atoms with E-state index in [2.05, 4.69) is 21.2 Å². The van der Waals surface area contributed by atoms with E-state index < -0.39 is 16.1 Å². The van der Waals surface area contributed by atoms with Gasteiger partial charge in [0.15, 0.2) is 0 Å².